The fourth-order valence-corrected chi connectivity index (χ4v) is 3.73. The third-order valence-corrected chi connectivity index (χ3v) is 4.92. The summed E-state index contributed by atoms with van der Waals surface area (Å²) in [5, 5.41) is 10.4. The van der Waals surface area contributed by atoms with Crippen molar-refractivity contribution in [2.45, 2.75) is 52.6 Å². The number of aliphatic hydroxyl groups excluding tert-OH is 1. The van der Waals surface area contributed by atoms with Crippen LogP contribution in [0.25, 0.3) is 0 Å². The molecule has 1 saturated carbocycles. The van der Waals surface area contributed by atoms with E-state index in [2.05, 4.69) is 32.9 Å². The average Bonchev–Trinajstić information content (AvgIpc) is 2.38. The number of rotatable bonds is 4. The predicted octanol–water partition coefficient (Wildman–Crippen LogP) is 4.06. The first-order chi connectivity index (χ1) is 9.44. The first kappa shape index (κ1) is 15.4. The molecule has 0 amide bonds. The van der Waals surface area contributed by atoms with Gasteiger partial charge in [-0.15, -0.1) is 0 Å². The van der Waals surface area contributed by atoms with Gasteiger partial charge in [-0.2, -0.15) is 0 Å². The molecule has 0 aliphatic heterocycles. The van der Waals surface area contributed by atoms with Crippen LogP contribution in [0.4, 0.5) is 0 Å². The molecule has 3 unspecified atom stereocenters. The highest BCUT2D eigenvalue weighted by Gasteiger charge is 2.38. The Balaban J connectivity index is 2.14. The zero-order chi connectivity index (χ0) is 14.8. The van der Waals surface area contributed by atoms with E-state index in [4.69, 9.17) is 4.74 Å². The summed E-state index contributed by atoms with van der Waals surface area (Å²) in [4.78, 5) is 0. The van der Waals surface area contributed by atoms with Crippen LogP contribution in [0, 0.1) is 17.3 Å². The number of methoxy groups -OCH3 is 1. The molecule has 1 N–H and O–H groups in total. The van der Waals surface area contributed by atoms with Crippen molar-refractivity contribution in [3.63, 3.8) is 0 Å². The summed E-state index contributed by atoms with van der Waals surface area (Å²) in [6, 6.07) is 8.23. The van der Waals surface area contributed by atoms with Crippen LogP contribution in [0.5, 0.6) is 5.75 Å². The van der Waals surface area contributed by atoms with Crippen LogP contribution in [0.15, 0.2) is 24.3 Å². The van der Waals surface area contributed by atoms with Crippen LogP contribution in [-0.4, -0.2) is 18.3 Å². The molecule has 1 aromatic carbocycles. The fourth-order valence-electron chi connectivity index (χ4n) is 3.73. The summed E-state index contributed by atoms with van der Waals surface area (Å²) >= 11 is 0. The van der Waals surface area contributed by atoms with Gasteiger partial charge < -0.3 is 9.84 Å². The smallest absolute Gasteiger partial charge is 0.122 e. The molecular weight excluding hydrogens is 248 g/mol. The number of ether oxygens (including phenoxy) is 1. The Labute approximate surface area is 123 Å². The molecule has 2 nitrogen and oxygen atoms in total. The number of para-hydroxylation sites is 1. The zero-order valence-electron chi connectivity index (χ0n) is 13.2. The second kappa shape index (κ2) is 6.17. The van der Waals surface area contributed by atoms with E-state index in [9.17, 15) is 5.11 Å². The maximum absolute atomic E-state index is 10.4. The number of hydrogen-bond donors (Lipinski definition) is 1. The molecule has 0 radical (unpaired) electrons. The first-order valence-electron chi connectivity index (χ1n) is 7.74. The van der Waals surface area contributed by atoms with Crippen LogP contribution in [0.3, 0.4) is 0 Å². The van der Waals surface area contributed by atoms with Gasteiger partial charge in [-0.05, 0) is 48.1 Å². The van der Waals surface area contributed by atoms with Crippen LogP contribution in [0.1, 0.15) is 45.6 Å². The normalized spacial score (nSPS) is 27.4. The molecule has 3 atom stereocenters. The van der Waals surface area contributed by atoms with Gasteiger partial charge in [0.25, 0.3) is 0 Å². The molecule has 2 rings (SSSR count). The topological polar surface area (TPSA) is 29.5 Å². The van der Waals surface area contributed by atoms with E-state index in [1.54, 1.807) is 7.11 Å². The molecule has 0 spiro atoms. The zero-order valence-corrected chi connectivity index (χ0v) is 13.2. The minimum absolute atomic E-state index is 0.0915. The van der Waals surface area contributed by atoms with Gasteiger partial charge in [-0.1, -0.05) is 45.4 Å². The molecule has 1 fully saturated rings. The molecule has 0 bridgehead atoms. The van der Waals surface area contributed by atoms with E-state index in [1.165, 1.54) is 12.0 Å². The van der Waals surface area contributed by atoms with Crippen LogP contribution in [0.2, 0.25) is 0 Å². The minimum atomic E-state index is -0.163. The van der Waals surface area contributed by atoms with Crippen molar-refractivity contribution in [2.24, 2.45) is 17.3 Å². The Morgan fingerprint density at radius 2 is 1.95 bits per heavy atom. The summed E-state index contributed by atoms with van der Waals surface area (Å²) in [6.45, 7) is 6.80. The maximum atomic E-state index is 10.4. The second-order valence-electron chi connectivity index (χ2n) is 7.07. The van der Waals surface area contributed by atoms with Crippen LogP contribution >= 0.6 is 0 Å². The van der Waals surface area contributed by atoms with Gasteiger partial charge in [0.2, 0.25) is 0 Å². The van der Waals surface area contributed by atoms with Gasteiger partial charge in [-0.25, -0.2) is 0 Å². The predicted molar refractivity (Wildman–Crippen MR) is 83.0 cm³/mol. The molecule has 1 aliphatic rings. The lowest BCUT2D eigenvalue weighted by Gasteiger charge is -2.42. The van der Waals surface area contributed by atoms with E-state index >= 15 is 0 Å². The minimum Gasteiger partial charge on any atom is -0.496 e. The van der Waals surface area contributed by atoms with Crippen molar-refractivity contribution in [1.82, 2.24) is 0 Å². The lowest BCUT2D eigenvalue weighted by atomic mass is 9.65. The van der Waals surface area contributed by atoms with Gasteiger partial charge in [0, 0.05) is 0 Å². The summed E-state index contributed by atoms with van der Waals surface area (Å²) in [7, 11) is 1.73. The van der Waals surface area contributed by atoms with Gasteiger partial charge in [0.1, 0.15) is 5.75 Å². The van der Waals surface area contributed by atoms with E-state index in [1.807, 2.05) is 12.1 Å². The molecule has 0 saturated heterocycles. The largest absolute Gasteiger partial charge is 0.496 e. The van der Waals surface area contributed by atoms with Crippen molar-refractivity contribution < 1.29 is 9.84 Å². The summed E-state index contributed by atoms with van der Waals surface area (Å²) in [5.74, 6) is 1.99. The molecule has 1 aromatic rings. The average molecular weight is 276 g/mol. The quantitative estimate of drug-likeness (QED) is 0.898. The lowest BCUT2D eigenvalue weighted by molar-refractivity contribution is -0.0127. The van der Waals surface area contributed by atoms with E-state index in [0.717, 1.165) is 25.0 Å². The third-order valence-electron chi connectivity index (χ3n) is 4.92. The molecular formula is C18H28O2. The third kappa shape index (κ3) is 3.35. The van der Waals surface area contributed by atoms with Gasteiger partial charge in [-0.3, -0.25) is 0 Å². The van der Waals surface area contributed by atoms with Crippen molar-refractivity contribution in [1.29, 1.82) is 0 Å². The SMILES string of the molecule is COc1ccccc1CC(C)(C)C1CCC(C)CC1O. The molecule has 0 aromatic heterocycles. The van der Waals surface area contributed by atoms with Crippen molar-refractivity contribution in [2.75, 3.05) is 7.11 Å². The van der Waals surface area contributed by atoms with Gasteiger partial charge >= 0.3 is 0 Å². The molecule has 20 heavy (non-hydrogen) atoms. The Morgan fingerprint density at radius 3 is 2.60 bits per heavy atom. The highest BCUT2D eigenvalue weighted by molar-refractivity contribution is 5.34. The van der Waals surface area contributed by atoms with Crippen LogP contribution in [-0.2, 0) is 6.42 Å². The highest BCUT2D eigenvalue weighted by Crippen LogP contribution is 2.43. The Kier molecular flexibility index (Phi) is 4.74. The van der Waals surface area contributed by atoms with E-state index in [0.29, 0.717) is 11.8 Å². The standard InChI is InChI=1S/C18H28O2/c1-13-9-10-15(16(19)11-13)18(2,3)12-14-7-5-6-8-17(14)20-4/h5-8,13,15-16,19H,9-12H2,1-4H3. The van der Waals surface area contributed by atoms with Crippen molar-refractivity contribution in [3.05, 3.63) is 29.8 Å². The summed E-state index contributed by atoms with van der Waals surface area (Å²) in [5.41, 5.74) is 1.33. The van der Waals surface area contributed by atoms with Gasteiger partial charge in [0.15, 0.2) is 0 Å². The molecule has 2 heteroatoms. The number of benzene rings is 1. The van der Waals surface area contributed by atoms with Gasteiger partial charge in [0.05, 0.1) is 13.2 Å². The van der Waals surface area contributed by atoms with Crippen molar-refractivity contribution in [3.8, 4) is 5.75 Å². The number of hydrogen-bond acceptors (Lipinski definition) is 2. The first-order valence-corrected chi connectivity index (χ1v) is 7.74. The molecule has 0 heterocycles. The van der Waals surface area contributed by atoms with Crippen molar-refractivity contribution >= 4 is 0 Å². The van der Waals surface area contributed by atoms with E-state index in [-0.39, 0.29) is 11.5 Å². The monoisotopic (exact) mass is 276 g/mol. The lowest BCUT2D eigenvalue weighted by Crippen LogP contribution is -2.39. The number of aliphatic hydroxyl groups is 1. The fraction of sp³-hybridized carbons (Fsp3) is 0.667. The second-order valence-corrected chi connectivity index (χ2v) is 7.07. The molecule has 112 valence electrons. The Hall–Kier alpha value is -1.02. The maximum Gasteiger partial charge on any atom is 0.122 e. The summed E-state index contributed by atoms with van der Waals surface area (Å²) in [6.07, 6.45) is 4.10. The van der Waals surface area contributed by atoms with Crippen LogP contribution < -0.4 is 4.74 Å². The van der Waals surface area contributed by atoms with E-state index < -0.39 is 0 Å². The summed E-state index contributed by atoms with van der Waals surface area (Å²) < 4.78 is 5.46. The molecule has 1 aliphatic carbocycles. The highest BCUT2D eigenvalue weighted by atomic mass is 16.5. The Morgan fingerprint density at radius 1 is 1.25 bits per heavy atom. The Bertz CT molecular complexity index is 439.